The quantitative estimate of drug-likeness (QED) is 0.599. The number of carbonyl (C=O) groups is 3. The summed E-state index contributed by atoms with van der Waals surface area (Å²) >= 11 is 0. The zero-order valence-electron chi connectivity index (χ0n) is 18.8. The third-order valence-electron chi connectivity index (χ3n) is 6.44. The van der Waals surface area contributed by atoms with E-state index in [1.165, 1.54) is 6.42 Å². The fraction of sp³-hybridized carbons (Fsp3) is 0.864. The third-order valence-corrected chi connectivity index (χ3v) is 6.44. The lowest BCUT2D eigenvalue weighted by Crippen LogP contribution is -2.60. The Morgan fingerprint density at radius 1 is 0.966 bits per heavy atom. The molecule has 2 fully saturated rings. The largest absolute Gasteiger partial charge is 0.357 e. The Kier molecular flexibility index (Phi) is 8.49. The van der Waals surface area contributed by atoms with Crippen LogP contribution in [-0.4, -0.2) is 60.9 Å². The highest BCUT2D eigenvalue weighted by atomic mass is 16.2. The minimum Gasteiger partial charge on any atom is -0.357 e. The maximum Gasteiger partial charge on any atom is 0.243 e. The minimum atomic E-state index is -0.690. The Bertz CT molecular complexity index is 581. The number of carbonyl (C=O) groups excluding carboxylic acids is 3. The molecule has 2 aliphatic rings. The summed E-state index contributed by atoms with van der Waals surface area (Å²) in [5.41, 5.74) is -0.463. The normalized spacial score (nSPS) is 23.3. The molecule has 29 heavy (non-hydrogen) atoms. The molecular formula is C22H40N4O3. The van der Waals surface area contributed by atoms with Gasteiger partial charge in [0, 0.05) is 7.05 Å². The van der Waals surface area contributed by atoms with Gasteiger partial charge in [0.25, 0.3) is 0 Å². The van der Waals surface area contributed by atoms with Gasteiger partial charge in [0.05, 0.1) is 6.04 Å². The Morgan fingerprint density at radius 3 is 2.17 bits per heavy atom. The van der Waals surface area contributed by atoms with Crippen LogP contribution in [0.1, 0.15) is 72.6 Å². The van der Waals surface area contributed by atoms with E-state index in [0.29, 0.717) is 0 Å². The van der Waals surface area contributed by atoms with Crippen LogP contribution >= 0.6 is 0 Å². The summed E-state index contributed by atoms with van der Waals surface area (Å²) in [5, 5.41) is 8.69. The van der Waals surface area contributed by atoms with Gasteiger partial charge in [-0.15, -0.1) is 0 Å². The molecule has 1 aliphatic heterocycles. The van der Waals surface area contributed by atoms with Crippen molar-refractivity contribution >= 4 is 17.7 Å². The molecule has 0 spiro atoms. The lowest BCUT2D eigenvalue weighted by molar-refractivity contribution is -0.136. The van der Waals surface area contributed by atoms with Crippen molar-refractivity contribution in [1.82, 2.24) is 20.9 Å². The van der Waals surface area contributed by atoms with E-state index in [0.717, 1.165) is 51.6 Å². The third kappa shape index (κ3) is 6.17. The minimum absolute atomic E-state index is 0.0893. The summed E-state index contributed by atoms with van der Waals surface area (Å²) in [4.78, 5) is 40.9. The van der Waals surface area contributed by atoms with Crippen molar-refractivity contribution in [3.63, 3.8) is 0 Å². The number of likely N-dealkylation sites (tertiary alicyclic amines) is 1. The molecule has 3 N–H and O–H groups in total. The van der Waals surface area contributed by atoms with Gasteiger partial charge in [-0.3, -0.25) is 19.3 Å². The van der Waals surface area contributed by atoms with Gasteiger partial charge in [0.15, 0.2) is 0 Å². The fourth-order valence-electron chi connectivity index (χ4n) is 4.67. The van der Waals surface area contributed by atoms with E-state index in [1.807, 2.05) is 20.8 Å². The summed E-state index contributed by atoms with van der Waals surface area (Å²) in [6.45, 7) is 9.63. The Hall–Kier alpha value is -1.63. The van der Waals surface area contributed by atoms with E-state index < -0.39 is 17.5 Å². The van der Waals surface area contributed by atoms with Gasteiger partial charge >= 0.3 is 0 Å². The first kappa shape index (κ1) is 23.6. The fourth-order valence-corrected chi connectivity index (χ4v) is 4.67. The predicted molar refractivity (Wildman–Crippen MR) is 114 cm³/mol. The van der Waals surface area contributed by atoms with E-state index in [-0.39, 0.29) is 29.7 Å². The summed E-state index contributed by atoms with van der Waals surface area (Å²) in [6, 6.07) is -1.41. The van der Waals surface area contributed by atoms with Crippen LogP contribution < -0.4 is 16.0 Å². The number of hydrogen-bond donors (Lipinski definition) is 3. The Labute approximate surface area is 175 Å². The van der Waals surface area contributed by atoms with E-state index in [4.69, 9.17) is 0 Å². The molecule has 0 unspecified atom stereocenters. The molecule has 7 nitrogen and oxygen atoms in total. The van der Waals surface area contributed by atoms with Gasteiger partial charge in [-0.05, 0) is 50.1 Å². The van der Waals surface area contributed by atoms with Gasteiger partial charge in [-0.25, -0.2) is 0 Å². The standard InChI is InChI=1S/C22H40N4O3/c1-6-26-14-10-13-16(26)19(27)25-18(22(2,3)4)21(29)24-17(20(28)23-5)15-11-8-7-9-12-15/h15-18H,6-14H2,1-5H3,(H,23,28)(H,24,29)(H,25,27)/t16-,17-,18+/m0/s1. The number of rotatable bonds is 7. The molecule has 0 bridgehead atoms. The van der Waals surface area contributed by atoms with Crippen LogP contribution in [0.3, 0.4) is 0 Å². The van der Waals surface area contributed by atoms with Crippen molar-refractivity contribution < 1.29 is 14.4 Å². The molecule has 1 saturated heterocycles. The maximum atomic E-state index is 13.2. The summed E-state index contributed by atoms with van der Waals surface area (Å²) in [5.74, 6) is -0.369. The number of likely N-dealkylation sites (N-methyl/N-ethyl adjacent to an activating group) is 2. The lowest BCUT2D eigenvalue weighted by Gasteiger charge is -2.35. The van der Waals surface area contributed by atoms with Crippen molar-refractivity contribution in [2.45, 2.75) is 90.8 Å². The zero-order chi connectivity index (χ0) is 21.6. The Morgan fingerprint density at radius 2 is 1.62 bits per heavy atom. The number of amides is 3. The monoisotopic (exact) mass is 408 g/mol. The number of nitrogens with one attached hydrogen (secondary N) is 3. The molecule has 2 rings (SSSR count). The van der Waals surface area contributed by atoms with Gasteiger partial charge in [0.2, 0.25) is 17.7 Å². The highest BCUT2D eigenvalue weighted by Gasteiger charge is 2.39. The van der Waals surface area contributed by atoms with E-state index in [1.54, 1.807) is 7.05 Å². The second kappa shape index (κ2) is 10.4. The molecule has 0 radical (unpaired) electrons. The van der Waals surface area contributed by atoms with Gasteiger partial charge < -0.3 is 16.0 Å². The summed E-state index contributed by atoms with van der Waals surface area (Å²) in [6.07, 6.45) is 7.06. The highest BCUT2D eigenvalue weighted by molar-refractivity contribution is 5.93. The average Bonchev–Trinajstić information content (AvgIpc) is 3.18. The first-order valence-electron chi connectivity index (χ1n) is 11.3. The Balaban J connectivity index is 2.12. The van der Waals surface area contributed by atoms with Crippen LogP contribution in [0.5, 0.6) is 0 Å². The highest BCUT2D eigenvalue weighted by Crippen LogP contribution is 2.28. The maximum absolute atomic E-state index is 13.2. The zero-order valence-corrected chi connectivity index (χ0v) is 18.8. The van der Waals surface area contributed by atoms with Crippen LogP contribution in [0.4, 0.5) is 0 Å². The molecule has 3 amide bonds. The van der Waals surface area contributed by atoms with Crippen molar-refractivity contribution in [2.24, 2.45) is 11.3 Å². The second-order valence-corrected chi connectivity index (χ2v) is 9.59. The van der Waals surface area contributed by atoms with Gasteiger partial charge in [0.1, 0.15) is 12.1 Å². The molecule has 7 heteroatoms. The van der Waals surface area contributed by atoms with Crippen LogP contribution in [0, 0.1) is 11.3 Å². The van der Waals surface area contributed by atoms with Crippen LogP contribution in [0.2, 0.25) is 0 Å². The molecule has 0 aromatic rings. The molecular weight excluding hydrogens is 368 g/mol. The number of hydrogen-bond acceptors (Lipinski definition) is 4. The molecule has 0 aromatic carbocycles. The second-order valence-electron chi connectivity index (χ2n) is 9.59. The van der Waals surface area contributed by atoms with Gasteiger partial charge in [-0.2, -0.15) is 0 Å². The van der Waals surface area contributed by atoms with Crippen molar-refractivity contribution in [3.8, 4) is 0 Å². The van der Waals surface area contributed by atoms with Crippen LogP contribution in [0.15, 0.2) is 0 Å². The molecule has 1 aliphatic carbocycles. The molecule has 1 heterocycles. The molecule has 166 valence electrons. The smallest absolute Gasteiger partial charge is 0.243 e. The lowest BCUT2D eigenvalue weighted by atomic mass is 9.82. The molecule has 1 saturated carbocycles. The van der Waals surface area contributed by atoms with Crippen LogP contribution in [-0.2, 0) is 14.4 Å². The van der Waals surface area contributed by atoms with Crippen LogP contribution in [0.25, 0.3) is 0 Å². The van der Waals surface area contributed by atoms with E-state index >= 15 is 0 Å². The van der Waals surface area contributed by atoms with Crippen molar-refractivity contribution in [2.75, 3.05) is 20.1 Å². The van der Waals surface area contributed by atoms with E-state index in [9.17, 15) is 14.4 Å². The molecule has 3 atom stereocenters. The SMILES string of the molecule is CCN1CCC[C@H]1C(=O)N[C@H](C(=O)N[C@H](C(=O)NC)C1CCCCC1)C(C)(C)C. The topological polar surface area (TPSA) is 90.5 Å². The average molecular weight is 409 g/mol. The van der Waals surface area contributed by atoms with Crippen molar-refractivity contribution in [3.05, 3.63) is 0 Å². The first-order valence-corrected chi connectivity index (χ1v) is 11.3. The van der Waals surface area contributed by atoms with Crippen molar-refractivity contribution in [1.29, 1.82) is 0 Å². The first-order chi connectivity index (χ1) is 13.7. The number of nitrogens with zero attached hydrogens (tertiary/aromatic N) is 1. The van der Waals surface area contributed by atoms with E-state index in [2.05, 4.69) is 27.8 Å². The predicted octanol–water partition coefficient (Wildman–Crippen LogP) is 1.81. The van der Waals surface area contributed by atoms with Gasteiger partial charge in [-0.1, -0.05) is 47.0 Å². The summed E-state index contributed by atoms with van der Waals surface area (Å²) in [7, 11) is 1.60. The molecule has 0 aromatic heterocycles. The summed E-state index contributed by atoms with van der Waals surface area (Å²) < 4.78 is 0.